The molecule has 0 aliphatic carbocycles. The van der Waals surface area contributed by atoms with E-state index in [0.29, 0.717) is 32.2 Å². The highest BCUT2D eigenvalue weighted by molar-refractivity contribution is 6.18. The van der Waals surface area contributed by atoms with E-state index < -0.39 is 0 Å². The topological polar surface area (TPSA) is 38.8 Å². The van der Waals surface area contributed by atoms with Gasteiger partial charge in [0.25, 0.3) is 0 Å². The lowest BCUT2D eigenvalue weighted by atomic mass is 10.0. The minimum Gasteiger partial charge on any atom is -0.378 e. The van der Waals surface area contributed by atoms with Gasteiger partial charge in [-0.2, -0.15) is 0 Å². The molecule has 2 rings (SSSR count). The fourth-order valence-corrected chi connectivity index (χ4v) is 2.49. The van der Waals surface area contributed by atoms with Crippen molar-refractivity contribution < 1.29 is 14.3 Å². The zero-order valence-corrected chi connectivity index (χ0v) is 10.3. The molecule has 92 valence electrons. The number of alkyl halides is 1. The number of rotatable bonds is 2. The minimum absolute atomic E-state index is 0.0167. The van der Waals surface area contributed by atoms with Crippen molar-refractivity contribution in [1.82, 2.24) is 4.90 Å². The molecule has 0 N–H and O–H groups in total. The molecule has 1 amide bonds. The van der Waals surface area contributed by atoms with E-state index in [1.807, 2.05) is 11.8 Å². The van der Waals surface area contributed by atoms with Crippen LogP contribution in [-0.4, -0.2) is 55.2 Å². The number of hydrogen-bond acceptors (Lipinski definition) is 3. The average Bonchev–Trinajstić information content (AvgIpc) is 2.74. The Morgan fingerprint density at radius 3 is 2.88 bits per heavy atom. The summed E-state index contributed by atoms with van der Waals surface area (Å²) in [6.07, 6.45) is 0.866. The van der Waals surface area contributed by atoms with Crippen molar-refractivity contribution in [2.75, 3.05) is 32.2 Å². The normalized spacial score (nSPS) is 35.4. The summed E-state index contributed by atoms with van der Waals surface area (Å²) in [6.45, 7) is 4.54. The van der Waals surface area contributed by atoms with Gasteiger partial charge in [0.05, 0.1) is 30.6 Å². The molecule has 2 heterocycles. The van der Waals surface area contributed by atoms with Crippen LogP contribution < -0.4 is 0 Å². The van der Waals surface area contributed by atoms with Gasteiger partial charge >= 0.3 is 0 Å². The van der Waals surface area contributed by atoms with Gasteiger partial charge in [-0.15, -0.1) is 11.6 Å². The third-order valence-electron chi connectivity index (χ3n) is 3.32. The number of amides is 1. The molecule has 0 aromatic carbocycles. The largest absolute Gasteiger partial charge is 0.378 e. The molecular formula is C11H18ClNO3. The van der Waals surface area contributed by atoms with Crippen molar-refractivity contribution in [3.8, 4) is 0 Å². The van der Waals surface area contributed by atoms with Crippen LogP contribution in [0.5, 0.6) is 0 Å². The van der Waals surface area contributed by atoms with Crippen molar-refractivity contribution in [2.24, 2.45) is 5.92 Å². The Labute approximate surface area is 101 Å². The Morgan fingerprint density at radius 1 is 1.44 bits per heavy atom. The van der Waals surface area contributed by atoms with Crippen molar-refractivity contribution in [2.45, 2.75) is 25.6 Å². The predicted molar refractivity (Wildman–Crippen MR) is 60.6 cm³/mol. The van der Waals surface area contributed by atoms with E-state index >= 15 is 0 Å². The first-order valence-corrected chi connectivity index (χ1v) is 6.33. The Morgan fingerprint density at radius 2 is 2.25 bits per heavy atom. The van der Waals surface area contributed by atoms with Gasteiger partial charge in [-0.05, 0) is 13.3 Å². The number of morpholine rings is 1. The predicted octanol–water partition coefficient (Wildman–Crippen LogP) is 0.878. The average molecular weight is 248 g/mol. The third kappa shape index (κ3) is 2.50. The smallest absolute Gasteiger partial charge is 0.228 e. The molecule has 3 unspecified atom stereocenters. The number of ether oxygens (including phenoxy) is 2. The van der Waals surface area contributed by atoms with Crippen LogP contribution in [0.4, 0.5) is 0 Å². The molecular weight excluding hydrogens is 230 g/mol. The van der Waals surface area contributed by atoms with E-state index in [1.54, 1.807) is 0 Å². The summed E-state index contributed by atoms with van der Waals surface area (Å²) in [7, 11) is 0. The Balaban J connectivity index is 1.93. The second-order valence-electron chi connectivity index (χ2n) is 4.40. The van der Waals surface area contributed by atoms with Gasteiger partial charge in [0.15, 0.2) is 0 Å². The van der Waals surface area contributed by atoms with Gasteiger partial charge in [-0.1, -0.05) is 0 Å². The lowest BCUT2D eigenvalue weighted by Crippen LogP contribution is -2.49. The Hall–Kier alpha value is -0.320. The highest BCUT2D eigenvalue weighted by atomic mass is 35.5. The second-order valence-corrected chi connectivity index (χ2v) is 4.71. The first-order valence-electron chi connectivity index (χ1n) is 5.80. The molecule has 0 bridgehead atoms. The van der Waals surface area contributed by atoms with Gasteiger partial charge in [0, 0.05) is 19.7 Å². The molecule has 2 saturated heterocycles. The number of hydrogen-bond donors (Lipinski definition) is 0. The Bertz CT molecular complexity index is 262. The van der Waals surface area contributed by atoms with Gasteiger partial charge in [-0.3, -0.25) is 4.79 Å². The fourth-order valence-electron chi connectivity index (χ4n) is 2.30. The third-order valence-corrected chi connectivity index (χ3v) is 3.66. The summed E-state index contributed by atoms with van der Waals surface area (Å²) in [5.41, 5.74) is 0. The molecule has 16 heavy (non-hydrogen) atoms. The molecule has 2 aliphatic heterocycles. The first-order chi connectivity index (χ1) is 7.72. The molecule has 0 aromatic rings. The molecule has 0 radical (unpaired) electrons. The minimum atomic E-state index is -0.0167. The quantitative estimate of drug-likeness (QED) is 0.680. The van der Waals surface area contributed by atoms with Crippen molar-refractivity contribution >= 4 is 17.5 Å². The molecule has 4 nitrogen and oxygen atoms in total. The van der Waals surface area contributed by atoms with Crippen LogP contribution in [-0.2, 0) is 14.3 Å². The van der Waals surface area contributed by atoms with Gasteiger partial charge in [-0.25, -0.2) is 0 Å². The zero-order valence-electron chi connectivity index (χ0n) is 9.52. The molecule has 0 aromatic heterocycles. The van der Waals surface area contributed by atoms with Gasteiger partial charge < -0.3 is 14.4 Å². The first kappa shape index (κ1) is 12.1. The summed E-state index contributed by atoms with van der Waals surface area (Å²) in [5.74, 6) is 0.665. The van der Waals surface area contributed by atoms with E-state index in [-0.39, 0.29) is 24.0 Å². The highest BCUT2D eigenvalue weighted by Crippen LogP contribution is 2.23. The molecule has 2 fully saturated rings. The maximum atomic E-state index is 12.2. The maximum Gasteiger partial charge on any atom is 0.228 e. The Kier molecular flexibility index (Phi) is 4.05. The second kappa shape index (κ2) is 5.34. The lowest BCUT2D eigenvalue weighted by molar-refractivity contribution is -0.143. The monoisotopic (exact) mass is 247 g/mol. The highest BCUT2D eigenvalue weighted by Gasteiger charge is 2.35. The number of carbonyl (C=O) groups excluding carboxylic acids is 1. The van der Waals surface area contributed by atoms with E-state index in [0.717, 1.165) is 6.42 Å². The summed E-state index contributed by atoms with van der Waals surface area (Å²) >= 11 is 5.75. The van der Waals surface area contributed by atoms with Crippen molar-refractivity contribution in [1.29, 1.82) is 0 Å². The summed E-state index contributed by atoms with van der Waals surface area (Å²) in [5, 5.41) is 0. The van der Waals surface area contributed by atoms with Crippen LogP contribution in [0.1, 0.15) is 13.3 Å². The lowest BCUT2D eigenvalue weighted by Gasteiger charge is -2.34. The van der Waals surface area contributed by atoms with E-state index in [4.69, 9.17) is 21.1 Å². The SMILES string of the molecule is CC1OCCC1C(=O)N1CCOC(CCl)C1. The van der Waals surface area contributed by atoms with Crippen LogP contribution in [0, 0.1) is 5.92 Å². The standard InChI is InChI=1S/C11H18ClNO3/c1-8-10(2-4-15-8)11(14)13-3-5-16-9(6-12)7-13/h8-10H,2-7H2,1H3. The molecule has 2 aliphatic rings. The molecule has 0 saturated carbocycles. The van der Waals surface area contributed by atoms with Crippen LogP contribution in [0.25, 0.3) is 0 Å². The summed E-state index contributed by atoms with van der Waals surface area (Å²) in [4.78, 5) is 14.1. The fraction of sp³-hybridized carbons (Fsp3) is 0.909. The number of halogens is 1. The molecule has 0 spiro atoms. The van der Waals surface area contributed by atoms with Crippen LogP contribution in [0.2, 0.25) is 0 Å². The van der Waals surface area contributed by atoms with Crippen LogP contribution >= 0.6 is 11.6 Å². The zero-order chi connectivity index (χ0) is 11.5. The van der Waals surface area contributed by atoms with E-state index in [9.17, 15) is 4.79 Å². The number of carbonyl (C=O) groups is 1. The number of nitrogens with zero attached hydrogens (tertiary/aromatic N) is 1. The maximum absolute atomic E-state index is 12.2. The van der Waals surface area contributed by atoms with E-state index in [2.05, 4.69) is 0 Å². The summed E-state index contributed by atoms with van der Waals surface area (Å²) < 4.78 is 10.9. The van der Waals surface area contributed by atoms with Crippen molar-refractivity contribution in [3.63, 3.8) is 0 Å². The van der Waals surface area contributed by atoms with Crippen molar-refractivity contribution in [3.05, 3.63) is 0 Å². The van der Waals surface area contributed by atoms with Crippen LogP contribution in [0.3, 0.4) is 0 Å². The van der Waals surface area contributed by atoms with E-state index in [1.165, 1.54) is 0 Å². The molecule has 5 heteroatoms. The van der Waals surface area contributed by atoms with Gasteiger partial charge in [0.2, 0.25) is 5.91 Å². The van der Waals surface area contributed by atoms with Gasteiger partial charge in [0.1, 0.15) is 0 Å². The summed E-state index contributed by atoms with van der Waals surface area (Å²) in [6, 6.07) is 0. The molecule has 3 atom stereocenters. The van der Waals surface area contributed by atoms with Crippen LogP contribution in [0.15, 0.2) is 0 Å².